The van der Waals surface area contributed by atoms with Crippen LogP contribution >= 0.6 is 0 Å². The van der Waals surface area contributed by atoms with Gasteiger partial charge >= 0.3 is 18.3 Å². The maximum Gasteiger partial charge on any atom is 0.418 e. The molecule has 2 atom stereocenters. The van der Waals surface area contributed by atoms with Crippen LogP contribution in [0.3, 0.4) is 0 Å². The van der Waals surface area contributed by atoms with Crippen molar-refractivity contribution in [2.45, 2.75) is 58.0 Å². The number of benzene rings is 2. The van der Waals surface area contributed by atoms with E-state index in [9.17, 15) is 36.7 Å². The van der Waals surface area contributed by atoms with Gasteiger partial charge in [-0.1, -0.05) is 32.0 Å². The Morgan fingerprint density at radius 3 is 2.38 bits per heavy atom. The van der Waals surface area contributed by atoms with E-state index in [4.69, 9.17) is 4.74 Å². The molecule has 0 radical (unpaired) electrons. The molecule has 226 valence electrons. The van der Waals surface area contributed by atoms with Gasteiger partial charge in [0, 0.05) is 37.8 Å². The fourth-order valence-electron chi connectivity index (χ4n) is 5.21. The molecular weight excluding hydrogens is 560 g/mol. The molecule has 0 unspecified atom stereocenters. The first-order valence-corrected chi connectivity index (χ1v) is 13.4. The van der Waals surface area contributed by atoms with Crippen molar-refractivity contribution in [1.29, 1.82) is 0 Å². The van der Waals surface area contributed by atoms with E-state index >= 15 is 0 Å². The Labute approximate surface area is 240 Å². The van der Waals surface area contributed by atoms with Gasteiger partial charge in [0.25, 0.3) is 5.91 Å². The second-order valence-electron chi connectivity index (χ2n) is 11.0. The van der Waals surface area contributed by atoms with E-state index in [1.54, 1.807) is 25.2 Å². The lowest BCUT2D eigenvalue weighted by atomic mass is 9.94. The van der Waals surface area contributed by atoms with Crippen molar-refractivity contribution in [2.75, 3.05) is 25.5 Å². The van der Waals surface area contributed by atoms with Crippen LogP contribution in [-0.2, 0) is 32.9 Å². The van der Waals surface area contributed by atoms with Gasteiger partial charge in [0.2, 0.25) is 11.5 Å². The second-order valence-corrected chi connectivity index (χ2v) is 11.0. The highest BCUT2D eigenvalue weighted by molar-refractivity contribution is 6.06. The highest BCUT2D eigenvalue weighted by Gasteiger charge is 2.58. The van der Waals surface area contributed by atoms with Gasteiger partial charge in [-0.15, -0.1) is 0 Å². The average Bonchev–Trinajstić information content (AvgIpc) is 3.38. The molecule has 2 aliphatic rings. The van der Waals surface area contributed by atoms with Gasteiger partial charge in [0.05, 0.1) is 0 Å². The Morgan fingerprint density at radius 2 is 1.76 bits per heavy atom. The van der Waals surface area contributed by atoms with Crippen LogP contribution in [0.4, 0.5) is 32.8 Å². The van der Waals surface area contributed by atoms with Crippen molar-refractivity contribution in [2.24, 2.45) is 5.92 Å². The van der Waals surface area contributed by atoms with Crippen molar-refractivity contribution >= 4 is 29.6 Å². The third kappa shape index (κ3) is 6.19. The van der Waals surface area contributed by atoms with Crippen LogP contribution in [0.2, 0.25) is 0 Å². The molecule has 2 aromatic carbocycles. The summed E-state index contributed by atoms with van der Waals surface area (Å²) in [4.78, 5) is 54.6. The molecule has 1 N–H and O–H groups in total. The SMILES string of the molecule is CC(C)CN(C)C(=O)Nc1ccc2c(c1)CC[C@@]21OC(=O)N(CC(=O)N(Cc2ccc(F)cc2)[C@@H](C)C(F)(F)F)C1=O. The van der Waals surface area contributed by atoms with Gasteiger partial charge in [-0.05, 0) is 54.7 Å². The maximum atomic E-state index is 13.7. The minimum Gasteiger partial charge on any atom is -0.427 e. The molecule has 2 aromatic rings. The molecule has 42 heavy (non-hydrogen) atoms. The predicted octanol–water partition coefficient (Wildman–Crippen LogP) is 5.05. The zero-order valence-corrected chi connectivity index (χ0v) is 23.6. The zero-order chi connectivity index (χ0) is 31.0. The monoisotopic (exact) mass is 592 g/mol. The van der Waals surface area contributed by atoms with E-state index in [0.717, 1.165) is 19.1 Å². The van der Waals surface area contributed by atoms with Crippen LogP contribution in [0.1, 0.15) is 43.9 Å². The Kier molecular flexibility index (Phi) is 8.51. The standard InChI is InChI=1S/C29H32F4N4O5/c1-17(2)14-35(4)26(40)34-22-9-10-23-20(13-22)11-12-28(23)25(39)37(27(41)42-28)16-24(38)36(18(3)29(31,32)33)15-19-5-7-21(30)8-6-19/h5-10,13,17-18H,11-12,14-16H2,1-4H3,(H,34,40)/t18-,28+/m0/s1. The number of ether oxygens (including phenoxy) is 1. The number of nitrogens with one attached hydrogen (secondary N) is 1. The Balaban J connectivity index is 1.52. The van der Waals surface area contributed by atoms with Crippen LogP contribution in [0.15, 0.2) is 42.5 Å². The van der Waals surface area contributed by atoms with E-state index in [1.807, 2.05) is 13.8 Å². The van der Waals surface area contributed by atoms with Crippen LogP contribution in [-0.4, -0.2) is 71.0 Å². The molecule has 1 spiro atoms. The predicted molar refractivity (Wildman–Crippen MR) is 144 cm³/mol. The number of carbonyl (C=O) groups is 4. The summed E-state index contributed by atoms with van der Waals surface area (Å²) in [6.45, 7) is 3.81. The normalized spacial score (nSPS) is 18.7. The number of halogens is 4. The summed E-state index contributed by atoms with van der Waals surface area (Å²) in [6, 6.07) is 6.84. The average molecular weight is 593 g/mol. The quantitative estimate of drug-likeness (QED) is 0.433. The summed E-state index contributed by atoms with van der Waals surface area (Å²) in [7, 11) is 1.67. The smallest absolute Gasteiger partial charge is 0.418 e. The number of aryl methyl sites for hydroxylation is 1. The Morgan fingerprint density at radius 1 is 1.10 bits per heavy atom. The molecule has 1 saturated heterocycles. The zero-order valence-electron chi connectivity index (χ0n) is 23.6. The van der Waals surface area contributed by atoms with E-state index in [1.165, 1.54) is 17.0 Å². The molecule has 1 aliphatic heterocycles. The first-order chi connectivity index (χ1) is 19.6. The number of alkyl halides is 3. The number of carbonyl (C=O) groups excluding carboxylic acids is 4. The van der Waals surface area contributed by atoms with Crippen LogP contribution in [0.5, 0.6) is 0 Å². The third-order valence-corrected chi connectivity index (χ3v) is 7.42. The molecule has 4 rings (SSSR count). The number of anilines is 1. The molecule has 1 fully saturated rings. The van der Waals surface area contributed by atoms with Crippen LogP contribution in [0, 0.1) is 11.7 Å². The van der Waals surface area contributed by atoms with E-state index in [-0.39, 0.29) is 23.9 Å². The van der Waals surface area contributed by atoms with Crippen molar-refractivity contribution in [3.8, 4) is 0 Å². The van der Waals surface area contributed by atoms with Crippen molar-refractivity contribution in [3.63, 3.8) is 0 Å². The van der Waals surface area contributed by atoms with Crippen molar-refractivity contribution in [1.82, 2.24) is 14.7 Å². The van der Waals surface area contributed by atoms with Gasteiger partial charge in [0.1, 0.15) is 18.4 Å². The van der Waals surface area contributed by atoms with Gasteiger partial charge in [-0.25, -0.2) is 18.9 Å². The molecule has 5 amide bonds. The number of nitrogens with zero attached hydrogens (tertiary/aromatic N) is 3. The van der Waals surface area contributed by atoms with E-state index in [2.05, 4.69) is 5.32 Å². The Bertz CT molecular complexity index is 1380. The van der Waals surface area contributed by atoms with Gasteiger partial charge < -0.3 is 19.9 Å². The lowest BCUT2D eigenvalue weighted by molar-refractivity contribution is -0.187. The summed E-state index contributed by atoms with van der Waals surface area (Å²) >= 11 is 0. The number of rotatable bonds is 8. The summed E-state index contributed by atoms with van der Waals surface area (Å²) < 4.78 is 59.8. The summed E-state index contributed by atoms with van der Waals surface area (Å²) in [5.41, 5.74) is 0.0260. The molecule has 1 heterocycles. The number of hydrogen-bond acceptors (Lipinski definition) is 5. The first kappa shape index (κ1) is 30.8. The minimum atomic E-state index is -4.80. The van der Waals surface area contributed by atoms with E-state index in [0.29, 0.717) is 39.6 Å². The summed E-state index contributed by atoms with van der Waals surface area (Å²) in [5.74, 6) is -2.31. The lowest BCUT2D eigenvalue weighted by Crippen LogP contribution is -2.51. The highest BCUT2D eigenvalue weighted by atomic mass is 19.4. The topological polar surface area (TPSA) is 99.3 Å². The molecule has 0 aromatic heterocycles. The fourth-order valence-corrected chi connectivity index (χ4v) is 5.21. The number of hydrogen-bond donors (Lipinski definition) is 1. The molecule has 0 bridgehead atoms. The van der Waals surface area contributed by atoms with E-state index < -0.39 is 54.6 Å². The maximum absolute atomic E-state index is 13.7. The second kappa shape index (κ2) is 11.6. The fraction of sp³-hybridized carbons (Fsp3) is 0.448. The van der Waals surface area contributed by atoms with Gasteiger partial charge in [-0.3, -0.25) is 9.59 Å². The van der Waals surface area contributed by atoms with Crippen LogP contribution in [0.25, 0.3) is 0 Å². The van der Waals surface area contributed by atoms with Crippen molar-refractivity contribution in [3.05, 3.63) is 65.0 Å². The van der Waals surface area contributed by atoms with Gasteiger partial charge in [0.15, 0.2) is 0 Å². The molecule has 13 heteroatoms. The molecule has 1 aliphatic carbocycles. The largest absolute Gasteiger partial charge is 0.427 e. The Hall–Kier alpha value is -4.16. The lowest BCUT2D eigenvalue weighted by Gasteiger charge is -2.31. The number of urea groups is 1. The highest BCUT2D eigenvalue weighted by Crippen LogP contribution is 2.46. The third-order valence-electron chi connectivity index (χ3n) is 7.42. The summed E-state index contributed by atoms with van der Waals surface area (Å²) in [6.07, 6.45) is -5.55. The molecular formula is C29H32F4N4O5. The number of amides is 5. The molecule has 0 saturated carbocycles. The minimum absolute atomic E-state index is 0.0699. The molecule has 9 nitrogen and oxygen atoms in total. The van der Waals surface area contributed by atoms with Crippen LogP contribution < -0.4 is 5.32 Å². The number of imide groups is 1. The van der Waals surface area contributed by atoms with Gasteiger partial charge in [-0.2, -0.15) is 13.2 Å². The first-order valence-electron chi connectivity index (χ1n) is 13.4. The van der Waals surface area contributed by atoms with Crippen molar-refractivity contribution < 1.29 is 41.5 Å². The summed E-state index contributed by atoms with van der Waals surface area (Å²) in [5, 5.41) is 2.79. The number of fused-ring (bicyclic) bond motifs is 2.